The van der Waals surface area contributed by atoms with Crippen molar-refractivity contribution in [3.63, 3.8) is 0 Å². The summed E-state index contributed by atoms with van der Waals surface area (Å²) in [5.41, 5.74) is 2.68. The van der Waals surface area contributed by atoms with Crippen LogP contribution in [0.25, 0.3) is 22.4 Å². The van der Waals surface area contributed by atoms with Gasteiger partial charge in [0.2, 0.25) is 5.91 Å². The number of nitrogens with zero attached hydrogens (tertiary/aromatic N) is 2. The molecule has 6 nitrogen and oxygen atoms in total. The third-order valence-electron chi connectivity index (χ3n) is 5.30. The number of ether oxygens (including phenoxy) is 1. The van der Waals surface area contributed by atoms with Crippen molar-refractivity contribution in [1.82, 2.24) is 14.9 Å². The fourth-order valence-corrected chi connectivity index (χ4v) is 3.84. The molecule has 1 amide bonds. The van der Waals surface area contributed by atoms with Crippen LogP contribution in [-0.4, -0.2) is 34.6 Å². The van der Waals surface area contributed by atoms with Crippen LogP contribution >= 0.6 is 0 Å². The summed E-state index contributed by atoms with van der Waals surface area (Å²) in [6.07, 6.45) is 0. The van der Waals surface area contributed by atoms with Crippen LogP contribution in [0.4, 0.5) is 4.39 Å². The number of amides is 1. The number of imidazole rings is 1. The number of benzene rings is 3. The van der Waals surface area contributed by atoms with Gasteiger partial charge in [0, 0.05) is 17.2 Å². The van der Waals surface area contributed by atoms with Crippen LogP contribution in [0.15, 0.2) is 72.8 Å². The lowest BCUT2D eigenvalue weighted by molar-refractivity contribution is -0.123. The molecule has 1 N–H and O–H groups in total. The Morgan fingerprint density at radius 1 is 0.970 bits per heavy atom. The zero-order chi connectivity index (χ0) is 23.5. The maximum atomic E-state index is 15.0. The van der Waals surface area contributed by atoms with E-state index in [2.05, 4.69) is 5.32 Å². The summed E-state index contributed by atoms with van der Waals surface area (Å²) in [5.74, 6) is -0.785. The molecule has 3 aromatic carbocycles. The van der Waals surface area contributed by atoms with Gasteiger partial charge >= 0.3 is 5.97 Å². The number of esters is 1. The average molecular weight is 445 g/mol. The van der Waals surface area contributed by atoms with Crippen molar-refractivity contribution in [3.8, 4) is 11.4 Å². The minimum absolute atomic E-state index is 0.135. The third kappa shape index (κ3) is 4.35. The minimum atomic E-state index is -0.990. The molecule has 0 saturated carbocycles. The lowest BCUT2D eigenvalue weighted by atomic mass is 10.0. The highest BCUT2D eigenvalue weighted by Gasteiger charge is 2.30. The summed E-state index contributed by atoms with van der Waals surface area (Å²) in [6, 6.07) is 19.3. The van der Waals surface area contributed by atoms with Crippen molar-refractivity contribution in [3.05, 3.63) is 89.7 Å². The van der Waals surface area contributed by atoms with E-state index in [1.54, 1.807) is 47.0 Å². The van der Waals surface area contributed by atoms with Crippen molar-refractivity contribution in [1.29, 1.82) is 0 Å². The molecule has 0 saturated heterocycles. The number of nitrogens with one attached hydrogen (secondary N) is 1. The minimum Gasteiger partial charge on any atom is -0.465 e. The molecule has 0 aliphatic rings. The summed E-state index contributed by atoms with van der Waals surface area (Å²) < 4.78 is 21.5. The number of halogens is 1. The first-order valence-corrected chi connectivity index (χ1v) is 10.6. The van der Waals surface area contributed by atoms with Crippen molar-refractivity contribution >= 4 is 22.9 Å². The molecule has 0 aliphatic heterocycles. The van der Waals surface area contributed by atoms with E-state index < -0.39 is 17.8 Å². The van der Waals surface area contributed by atoms with Gasteiger partial charge in [0.15, 0.2) is 0 Å². The number of rotatable bonds is 6. The highest BCUT2D eigenvalue weighted by atomic mass is 19.1. The molecule has 4 aromatic rings. The molecule has 1 aromatic heterocycles. The van der Waals surface area contributed by atoms with E-state index >= 15 is 0 Å². The van der Waals surface area contributed by atoms with Crippen LogP contribution in [0.1, 0.15) is 35.8 Å². The molecule has 1 heterocycles. The Balaban J connectivity index is 1.96. The Kier molecular flexibility index (Phi) is 6.22. The smallest absolute Gasteiger partial charge is 0.337 e. The van der Waals surface area contributed by atoms with E-state index in [-0.39, 0.29) is 17.5 Å². The molecule has 0 bridgehead atoms. The largest absolute Gasteiger partial charge is 0.465 e. The number of hydrogen-bond donors (Lipinski definition) is 1. The quantitative estimate of drug-likeness (QED) is 0.435. The number of carbonyl (C=O) groups is 2. The fourth-order valence-electron chi connectivity index (χ4n) is 3.84. The second-order valence-corrected chi connectivity index (χ2v) is 7.95. The van der Waals surface area contributed by atoms with Gasteiger partial charge in [0.25, 0.3) is 0 Å². The Hall–Kier alpha value is -4.00. The predicted molar refractivity (Wildman–Crippen MR) is 124 cm³/mol. The third-order valence-corrected chi connectivity index (χ3v) is 5.30. The molecule has 0 fully saturated rings. The zero-order valence-electron chi connectivity index (χ0n) is 18.6. The van der Waals surface area contributed by atoms with Crippen LogP contribution in [0.3, 0.4) is 0 Å². The first-order chi connectivity index (χ1) is 15.9. The van der Waals surface area contributed by atoms with Crippen molar-refractivity contribution < 1.29 is 18.7 Å². The molecule has 0 radical (unpaired) electrons. The molecule has 1 atom stereocenters. The second-order valence-electron chi connectivity index (χ2n) is 7.95. The maximum absolute atomic E-state index is 15.0. The first-order valence-electron chi connectivity index (χ1n) is 10.6. The zero-order valence-corrected chi connectivity index (χ0v) is 18.6. The number of aromatic nitrogens is 2. The molecule has 168 valence electrons. The highest BCUT2D eigenvalue weighted by molar-refractivity contribution is 5.91. The summed E-state index contributed by atoms with van der Waals surface area (Å²) in [6.45, 7) is 3.71. The molecule has 0 aliphatic carbocycles. The Bertz CT molecular complexity index is 1310. The molecular formula is C26H24FN3O3. The van der Waals surface area contributed by atoms with E-state index in [4.69, 9.17) is 9.72 Å². The maximum Gasteiger partial charge on any atom is 0.337 e. The summed E-state index contributed by atoms with van der Waals surface area (Å²) in [5, 5.41) is 2.92. The standard InChI is InChI=1S/C26H24FN3O3/c1-16(2)28-25(31)23(19-8-4-5-9-20(19)27)30-22-11-7-6-10-21(22)29-24(30)17-12-14-18(15-13-17)26(32)33-3/h4-16,23H,1-3H3,(H,28,31). The van der Waals surface area contributed by atoms with Gasteiger partial charge in [-0.2, -0.15) is 0 Å². The molecule has 7 heteroatoms. The lowest BCUT2D eigenvalue weighted by Gasteiger charge is -2.23. The van der Waals surface area contributed by atoms with Gasteiger partial charge in [-0.05, 0) is 44.2 Å². The molecular weight excluding hydrogens is 421 g/mol. The van der Waals surface area contributed by atoms with Crippen molar-refractivity contribution in [2.45, 2.75) is 25.9 Å². The first kappa shape index (κ1) is 22.2. The van der Waals surface area contributed by atoms with Gasteiger partial charge in [-0.15, -0.1) is 0 Å². The number of carbonyl (C=O) groups excluding carboxylic acids is 2. The van der Waals surface area contributed by atoms with E-state index in [0.29, 0.717) is 28.0 Å². The Morgan fingerprint density at radius 3 is 2.30 bits per heavy atom. The molecule has 0 spiro atoms. The van der Waals surface area contributed by atoms with Crippen molar-refractivity contribution in [2.24, 2.45) is 0 Å². The number of hydrogen-bond acceptors (Lipinski definition) is 4. The van der Waals surface area contributed by atoms with Crippen LogP contribution in [0.2, 0.25) is 0 Å². The van der Waals surface area contributed by atoms with Crippen LogP contribution in [0, 0.1) is 5.82 Å². The molecule has 33 heavy (non-hydrogen) atoms. The highest BCUT2D eigenvalue weighted by Crippen LogP contribution is 2.33. The van der Waals surface area contributed by atoms with E-state index in [9.17, 15) is 14.0 Å². The fraction of sp³-hybridized carbons (Fsp3) is 0.192. The summed E-state index contributed by atoms with van der Waals surface area (Å²) in [7, 11) is 1.32. The van der Waals surface area contributed by atoms with Crippen LogP contribution in [0.5, 0.6) is 0 Å². The van der Waals surface area contributed by atoms with Crippen LogP contribution < -0.4 is 5.32 Å². The SMILES string of the molecule is COC(=O)c1ccc(-c2nc3ccccc3n2C(C(=O)NC(C)C)c2ccccc2F)cc1. The van der Waals surface area contributed by atoms with Gasteiger partial charge in [-0.25, -0.2) is 14.2 Å². The van der Waals surface area contributed by atoms with Gasteiger partial charge in [-0.3, -0.25) is 4.79 Å². The molecule has 4 rings (SSSR count). The number of para-hydroxylation sites is 2. The molecule has 1 unspecified atom stereocenters. The topological polar surface area (TPSA) is 73.2 Å². The monoisotopic (exact) mass is 445 g/mol. The second kappa shape index (κ2) is 9.24. The average Bonchev–Trinajstić information content (AvgIpc) is 3.19. The van der Waals surface area contributed by atoms with Crippen LogP contribution in [-0.2, 0) is 9.53 Å². The summed E-state index contributed by atoms with van der Waals surface area (Å²) in [4.78, 5) is 30.0. The lowest BCUT2D eigenvalue weighted by Crippen LogP contribution is -2.38. The van der Waals surface area contributed by atoms with Gasteiger partial charge in [-0.1, -0.05) is 42.5 Å². The Morgan fingerprint density at radius 2 is 1.64 bits per heavy atom. The van der Waals surface area contributed by atoms with Crippen molar-refractivity contribution in [2.75, 3.05) is 7.11 Å². The van der Waals surface area contributed by atoms with E-state index in [1.807, 2.05) is 38.1 Å². The van der Waals surface area contributed by atoms with E-state index in [1.165, 1.54) is 13.2 Å². The van der Waals surface area contributed by atoms with E-state index in [0.717, 1.165) is 0 Å². The van der Waals surface area contributed by atoms with Gasteiger partial charge in [0.1, 0.15) is 17.7 Å². The Labute approximate surface area is 191 Å². The van der Waals surface area contributed by atoms with Gasteiger partial charge < -0.3 is 14.6 Å². The summed E-state index contributed by atoms with van der Waals surface area (Å²) >= 11 is 0. The van der Waals surface area contributed by atoms with Gasteiger partial charge in [0.05, 0.1) is 23.7 Å². The number of fused-ring (bicyclic) bond motifs is 1. The predicted octanol–water partition coefficient (Wildman–Crippen LogP) is 4.74. The normalized spacial score (nSPS) is 12.0. The number of methoxy groups -OCH3 is 1.